The Kier molecular flexibility index (Phi) is 6.87. The van der Waals surface area contributed by atoms with Crippen LogP contribution in [0.3, 0.4) is 0 Å². The predicted molar refractivity (Wildman–Crippen MR) is 136 cm³/mol. The molecule has 1 aromatic rings. The van der Waals surface area contributed by atoms with Gasteiger partial charge in [0.1, 0.15) is 11.6 Å². The van der Waals surface area contributed by atoms with E-state index < -0.39 is 87.4 Å². The number of ketones is 4. The summed E-state index contributed by atoms with van der Waals surface area (Å²) < 4.78 is 15.3. The maximum absolute atomic E-state index is 15.3. The number of phenolic OH excluding ortho intramolecular Hbond substituents is 1. The number of hydrogen-bond acceptors (Lipinski definition) is 10. The average molecular weight is 559 g/mol. The Hall–Kier alpha value is -3.55. The molecule has 0 bridgehead atoms. The maximum atomic E-state index is 15.3. The van der Waals surface area contributed by atoms with Crippen molar-refractivity contribution >= 4 is 40.6 Å². The van der Waals surface area contributed by atoms with Crippen LogP contribution in [0, 0.1) is 29.5 Å². The van der Waals surface area contributed by atoms with Crippen molar-refractivity contribution in [2.45, 2.75) is 37.3 Å². The third-order valence-electron chi connectivity index (χ3n) is 8.85. The van der Waals surface area contributed by atoms with E-state index in [1.54, 1.807) is 0 Å². The number of fused-ring (bicyclic) bond motifs is 3. The van der Waals surface area contributed by atoms with E-state index in [0.717, 1.165) is 32.0 Å². The van der Waals surface area contributed by atoms with Crippen molar-refractivity contribution in [1.82, 2.24) is 9.80 Å². The minimum Gasteiger partial charge on any atom is -0.505 e. The predicted octanol–water partition coefficient (Wildman–Crippen LogP) is -0.960. The summed E-state index contributed by atoms with van der Waals surface area (Å²) in [6.45, 7) is 1.46. The van der Waals surface area contributed by atoms with Gasteiger partial charge in [-0.1, -0.05) is 0 Å². The zero-order valence-electron chi connectivity index (χ0n) is 22.1. The number of likely N-dealkylation sites (N-methyl/N-ethyl adjacent to an activating group) is 1. The number of halogens is 1. The summed E-state index contributed by atoms with van der Waals surface area (Å²) in [5, 5.41) is 25.0. The van der Waals surface area contributed by atoms with Crippen molar-refractivity contribution < 1.29 is 43.4 Å². The first-order valence-corrected chi connectivity index (χ1v) is 13.2. The number of likely N-dealkylation sites (tertiary alicyclic amines) is 1. The quantitative estimate of drug-likeness (QED) is 0.259. The van der Waals surface area contributed by atoms with Crippen LogP contribution in [-0.4, -0.2) is 100 Å². The molecule has 4 aliphatic rings. The van der Waals surface area contributed by atoms with Gasteiger partial charge in [-0.3, -0.25) is 38.6 Å². The molecule has 0 radical (unpaired) electrons. The van der Waals surface area contributed by atoms with E-state index >= 15 is 4.39 Å². The lowest BCUT2D eigenvalue weighted by molar-refractivity contribution is -0.181. The van der Waals surface area contributed by atoms with E-state index in [1.165, 1.54) is 19.0 Å². The number of carbonyl (C=O) groups excluding carboxylic acids is 6. The molecule has 3 aliphatic carbocycles. The molecule has 3 fully saturated rings. The van der Waals surface area contributed by atoms with E-state index in [-0.39, 0.29) is 30.6 Å². The zero-order valence-corrected chi connectivity index (χ0v) is 22.1. The fourth-order valence-corrected chi connectivity index (χ4v) is 7.06. The van der Waals surface area contributed by atoms with Gasteiger partial charge in [-0.25, -0.2) is 4.39 Å². The molecule has 12 nitrogen and oxygen atoms in total. The van der Waals surface area contributed by atoms with Crippen molar-refractivity contribution in [3.63, 3.8) is 0 Å². The number of aromatic hydroxyl groups is 1. The number of benzene rings is 1. The zero-order chi connectivity index (χ0) is 29.3. The van der Waals surface area contributed by atoms with E-state index in [2.05, 4.69) is 5.32 Å². The number of primary amides is 1. The molecule has 1 aromatic carbocycles. The fraction of sp³-hybridized carbons (Fsp3) is 0.556. The second-order valence-corrected chi connectivity index (χ2v) is 11.4. The summed E-state index contributed by atoms with van der Waals surface area (Å²) in [5.41, 5.74) is 1.42. The van der Waals surface area contributed by atoms with E-state index in [0.29, 0.717) is 0 Å². The molecular weight excluding hydrogens is 527 g/mol. The van der Waals surface area contributed by atoms with Gasteiger partial charge >= 0.3 is 0 Å². The summed E-state index contributed by atoms with van der Waals surface area (Å²) in [4.78, 5) is 81.8. The molecule has 2 amide bonds. The first-order chi connectivity index (χ1) is 18.8. The Morgan fingerprint density at radius 1 is 1.18 bits per heavy atom. The fourth-order valence-electron chi connectivity index (χ4n) is 7.06. The smallest absolute Gasteiger partial charge is 0.238 e. The lowest BCUT2D eigenvalue weighted by Gasteiger charge is -2.52. The van der Waals surface area contributed by atoms with Crippen molar-refractivity contribution in [3.05, 3.63) is 23.0 Å². The van der Waals surface area contributed by atoms with Crippen LogP contribution in [0.15, 0.2) is 6.07 Å². The monoisotopic (exact) mass is 558 g/mol. The minimum absolute atomic E-state index is 0.0125. The number of carbonyl (C=O) groups is 6. The van der Waals surface area contributed by atoms with Gasteiger partial charge in [0.05, 0.1) is 29.8 Å². The van der Waals surface area contributed by atoms with Gasteiger partial charge < -0.3 is 21.3 Å². The Labute approximate surface area is 228 Å². The van der Waals surface area contributed by atoms with Gasteiger partial charge in [-0.15, -0.1) is 0 Å². The second-order valence-electron chi connectivity index (χ2n) is 11.4. The number of anilines is 1. The van der Waals surface area contributed by atoms with Crippen molar-refractivity contribution in [1.29, 1.82) is 0 Å². The van der Waals surface area contributed by atoms with Crippen LogP contribution in [0.2, 0.25) is 0 Å². The minimum atomic E-state index is -2.87. The molecule has 1 heterocycles. The van der Waals surface area contributed by atoms with Crippen LogP contribution in [0.4, 0.5) is 10.1 Å². The highest BCUT2D eigenvalue weighted by atomic mass is 19.1. The molecule has 0 aromatic heterocycles. The lowest BCUT2D eigenvalue weighted by Crippen LogP contribution is -2.74. The molecule has 1 aliphatic heterocycles. The first-order valence-electron chi connectivity index (χ1n) is 13.2. The Bertz CT molecular complexity index is 1360. The molecule has 0 spiro atoms. The number of nitrogens with one attached hydrogen (secondary N) is 1. The molecule has 40 heavy (non-hydrogen) atoms. The normalized spacial score (nSPS) is 32.1. The van der Waals surface area contributed by atoms with Gasteiger partial charge in [-0.2, -0.15) is 0 Å². The molecule has 6 unspecified atom stereocenters. The number of amides is 2. The summed E-state index contributed by atoms with van der Waals surface area (Å²) in [5.74, 6) is -13.8. The van der Waals surface area contributed by atoms with Gasteiger partial charge in [0.15, 0.2) is 34.7 Å². The SMILES string of the molecule is CN(C)C1C(=O)C(C(N)=O)C(=O)C2(O)C(=O)C3C(=O)c4c(O)c(NC(=O)CN5CCCC5)cc(F)c4CC3CC12. The lowest BCUT2D eigenvalue weighted by atomic mass is 9.52. The van der Waals surface area contributed by atoms with E-state index in [4.69, 9.17) is 5.73 Å². The van der Waals surface area contributed by atoms with Crippen molar-refractivity contribution in [2.24, 2.45) is 29.4 Å². The molecule has 1 saturated heterocycles. The highest BCUT2D eigenvalue weighted by molar-refractivity contribution is 6.32. The topological polar surface area (TPSA) is 187 Å². The summed E-state index contributed by atoms with van der Waals surface area (Å²) in [7, 11) is 2.96. The summed E-state index contributed by atoms with van der Waals surface area (Å²) in [6, 6.07) is -0.327. The van der Waals surface area contributed by atoms with Gasteiger partial charge in [0, 0.05) is 17.5 Å². The highest BCUT2D eigenvalue weighted by Gasteiger charge is 2.69. The summed E-state index contributed by atoms with van der Waals surface area (Å²) >= 11 is 0. The Morgan fingerprint density at radius 3 is 2.42 bits per heavy atom. The number of hydrogen-bond donors (Lipinski definition) is 4. The molecule has 13 heteroatoms. The van der Waals surface area contributed by atoms with Crippen LogP contribution in [0.1, 0.15) is 35.2 Å². The van der Waals surface area contributed by atoms with Gasteiger partial charge in [-0.05, 0) is 58.8 Å². The average Bonchev–Trinajstić information content (AvgIpc) is 3.37. The van der Waals surface area contributed by atoms with Crippen LogP contribution >= 0.6 is 0 Å². The van der Waals surface area contributed by atoms with Gasteiger partial charge in [0.25, 0.3) is 0 Å². The number of phenols is 1. The number of rotatable bonds is 5. The van der Waals surface area contributed by atoms with Crippen molar-refractivity contribution in [2.75, 3.05) is 39.0 Å². The Balaban J connectivity index is 1.53. The Morgan fingerprint density at radius 2 is 1.82 bits per heavy atom. The van der Waals surface area contributed by atoms with Gasteiger partial charge in [0.2, 0.25) is 11.8 Å². The number of aliphatic hydroxyl groups is 1. The van der Waals surface area contributed by atoms with Crippen LogP contribution < -0.4 is 11.1 Å². The molecule has 214 valence electrons. The van der Waals surface area contributed by atoms with Crippen LogP contribution in [-0.2, 0) is 30.4 Å². The standard InChI is InChI=1S/C27H31FN4O8/c1-31(2)20-13-8-11-7-12-14(28)9-15(30-16(33)10-32-5-3-4-6-32)21(34)18(12)22(35)17(11)24(37)27(13,40)25(38)19(23(20)36)26(29)39/h9,11,13,17,19-20,34,40H,3-8,10H2,1-2H3,(H2,29,39)(H,30,33). The number of Topliss-reactive ketones (excluding diaryl/α,β-unsaturated/α-hetero) is 4. The maximum Gasteiger partial charge on any atom is 0.238 e. The van der Waals surface area contributed by atoms with E-state index in [1.807, 2.05) is 4.90 Å². The second kappa shape index (κ2) is 9.82. The number of nitrogens with zero attached hydrogens (tertiary/aromatic N) is 2. The van der Waals surface area contributed by atoms with Crippen LogP contribution in [0.25, 0.3) is 0 Å². The molecule has 6 atom stereocenters. The third-order valence-corrected chi connectivity index (χ3v) is 8.85. The molecule has 2 saturated carbocycles. The molecule has 5 N–H and O–H groups in total. The molecule has 5 rings (SSSR count). The van der Waals surface area contributed by atoms with Crippen LogP contribution in [0.5, 0.6) is 5.75 Å². The largest absolute Gasteiger partial charge is 0.505 e. The summed E-state index contributed by atoms with van der Waals surface area (Å²) in [6.07, 6.45) is 1.50. The molecular formula is C27H31FN4O8. The number of nitrogens with two attached hydrogens (primary N) is 1. The first kappa shape index (κ1) is 28.0. The van der Waals surface area contributed by atoms with Crippen molar-refractivity contribution in [3.8, 4) is 5.75 Å². The third kappa shape index (κ3) is 4.06. The highest BCUT2D eigenvalue weighted by Crippen LogP contribution is 2.51. The van der Waals surface area contributed by atoms with E-state index in [9.17, 15) is 39.0 Å².